The van der Waals surface area contributed by atoms with Crippen LogP contribution in [0.1, 0.15) is 5.76 Å². The average Bonchev–Trinajstić information content (AvgIpc) is 2.56. The van der Waals surface area contributed by atoms with Crippen molar-refractivity contribution in [2.75, 3.05) is 0 Å². The second-order valence-electron chi connectivity index (χ2n) is 2.96. The van der Waals surface area contributed by atoms with E-state index in [9.17, 15) is 9.90 Å². The topological polar surface area (TPSA) is 119 Å². The molecule has 0 fully saturated rings. The van der Waals surface area contributed by atoms with E-state index in [1.807, 2.05) is 0 Å². The number of rotatable bonds is 1. The minimum Gasteiger partial charge on any atom is -0.504 e. The van der Waals surface area contributed by atoms with Gasteiger partial charge in [-0.1, -0.05) is 0 Å². The number of halogens is 1. The van der Waals surface area contributed by atoms with Crippen molar-refractivity contribution in [2.45, 2.75) is 0 Å². The minimum atomic E-state index is -1.40. The number of hydrogen-bond donors (Lipinski definition) is 4. The molecule has 90 valence electrons. The highest BCUT2D eigenvalue weighted by molar-refractivity contribution is 6.07. The summed E-state index contributed by atoms with van der Waals surface area (Å²) in [6, 6.07) is 1.51. The van der Waals surface area contributed by atoms with Crippen molar-refractivity contribution in [1.29, 1.82) is 5.41 Å². The summed E-state index contributed by atoms with van der Waals surface area (Å²) < 4.78 is 5.10. The Morgan fingerprint density at radius 3 is 2.82 bits per heavy atom. The van der Waals surface area contributed by atoms with E-state index in [-0.39, 0.29) is 29.5 Å². The number of nitrogens with zero attached hydrogens (tertiary/aromatic N) is 1. The quantitative estimate of drug-likeness (QED) is 0.456. The summed E-state index contributed by atoms with van der Waals surface area (Å²) in [5.41, 5.74) is 0.284. The van der Waals surface area contributed by atoms with E-state index in [0.29, 0.717) is 5.39 Å². The van der Waals surface area contributed by atoms with E-state index >= 15 is 0 Å². The summed E-state index contributed by atoms with van der Waals surface area (Å²) in [5, 5.41) is 27.6. The Bertz CT molecular complexity index is 581. The van der Waals surface area contributed by atoms with Crippen molar-refractivity contribution < 1.29 is 19.4 Å². The van der Waals surface area contributed by atoms with Gasteiger partial charge in [-0.3, -0.25) is 15.7 Å². The van der Waals surface area contributed by atoms with Crippen molar-refractivity contribution in [3.8, 4) is 5.75 Å². The first-order chi connectivity index (χ1) is 7.59. The Hall–Kier alpha value is -2.28. The molecule has 0 spiro atoms. The molecule has 0 saturated carbocycles. The van der Waals surface area contributed by atoms with Gasteiger partial charge in [0.25, 0.3) is 0 Å². The van der Waals surface area contributed by atoms with Crippen LogP contribution in [0, 0.1) is 5.41 Å². The fourth-order valence-electron chi connectivity index (χ4n) is 1.27. The summed E-state index contributed by atoms with van der Waals surface area (Å²) in [5.74, 6) is -1.04. The van der Waals surface area contributed by atoms with Crippen LogP contribution >= 0.6 is 12.4 Å². The molecular formula is C9H8ClN3O4. The monoisotopic (exact) mass is 257 g/mol. The standard InChI is InChI=1S/C9H7N3O4.ClH/c10-8(12-9(14)15)7-6(13)4-1-2-11-3-5(4)16-7;/h1-3,13H,(H2,10,12)(H,14,15);1H. The first-order valence-corrected chi connectivity index (χ1v) is 4.24. The van der Waals surface area contributed by atoms with Crippen LogP contribution in [0.5, 0.6) is 5.75 Å². The number of aromatic nitrogens is 1. The Morgan fingerprint density at radius 2 is 2.24 bits per heavy atom. The number of hydrogen-bond acceptors (Lipinski definition) is 5. The molecule has 2 aromatic heterocycles. The smallest absolute Gasteiger partial charge is 0.410 e. The lowest BCUT2D eigenvalue weighted by molar-refractivity contribution is 0.200. The zero-order chi connectivity index (χ0) is 11.7. The van der Waals surface area contributed by atoms with Gasteiger partial charge in [0.05, 0.1) is 11.6 Å². The van der Waals surface area contributed by atoms with Gasteiger partial charge in [-0.2, -0.15) is 0 Å². The van der Waals surface area contributed by atoms with Gasteiger partial charge in [0.15, 0.2) is 17.2 Å². The van der Waals surface area contributed by atoms with Crippen LogP contribution in [0.4, 0.5) is 4.79 Å². The highest BCUT2D eigenvalue weighted by Crippen LogP contribution is 2.30. The Labute approximate surface area is 101 Å². The van der Waals surface area contributed by atoms with E-state index in [2.05, 4.69) is 4.98 Å². The molecular weight excluding hydrogens is 250 g/mol. The van der Waals surface area contributed by atoms with Gasteiger partial charge in [0.2, 0.25) is 5.76 Å². The lowest BCUT2D eigenvalue weighted by atomic mass is 10.3. The third kappa shape index (κ3) is 2.28. The first-order valence-electron chi connectivity index (χ1n) is 4.24. The second kappa shape index (κ2) is 4.71. The molecule has 0 aliphatic carbocycles. The predicted octanol–water partition coefficient (Wildman–Crippen LogP) is 1.55. The fourth-order valence-corrected chi connectivity index (χ4v) is 1.27. The summed E-state index contributed by atoms with van der Waals surface area (Å²) in [6.07, 6.45) is 1.42. The third-order valence-corrected chi connectivity index (χ3v) is 1.93. The lowest BCUT2D eigenvalue weighted by Gasteiger charge is -1.98. The van der Waals surface area contributed by atoms with Crippen LogP contribution in [-0.2, 0) is 0 Å². The molecule has 2 rings (SSSR count). The Balaban J connectivity index is 0.00000144. The third-order valence-electron chi connectivity index (χ3n) is 1.93. The van der Waals surface area contributed by atoms with Crippen LogP contribution in [0.25, 0.3) is 11.0 Å². The van der Waals surface area contributed by atoms with Gasteiger partial charge in [0.1, 0.15) is 0 Å². The van der Waals surface area contributed by atoms with Gasteiger partial charge < -0.3 is 14.6 Å². The van der Waals surface area contributed by atoms with Gasteiger partial charge in [-0.05, 0) is 6.07 Å². The van der Waals surface area contributed by atoms with Crippen molar-refractivity contribution in [2.24, 2.45) is 0 Å². The van der Waals surface area contributed by atoms with Crippen LogP contribution < -0.4 is 5.32 Å². The number of amidine groups is 1. The molecule has 2 heterocycles. The summed E-state index contributed by atoms with van der Waals surface area (Å²) in [7, 11) is 0. The highest BCUT2D eigenvalue weighted by atomic mass is 35.5. The number of nitrogens with one attached hydrogen (secondary N) is 2. The van der Waals surface area contributed by atoms with E-state index in [1.54, 1.807) is 5.32 Å². The van der Waals surface area contributed by atoms with Gasteiger partial charge in [-0.15, -0.1) is 12.4 Å². The number of carbonyl (C=O) groups is 1. The average molecular weight is 258 g/mol. The Morgan fingerprint density at radius 1 is 1.53 bits per heavy atom. The molecule has 0 aliphatic rings. The maximum Gasteiger partial charge on any atom is 0.410 e. The first kappa shape index (κ1) is 12.8. The summed E-state index contributed by atoms with van der Waals surface area (Å²) >= 11 is 0. The fraction of sp³-hybridized carbons (Fsp3) is 0. The van der Waals surface area contributed by atoms with E-state index in [4.69, 9.17) is 14.9 Å². The molecule has 17 heavy (non-hydrogen) atoms. The number of furan rings is 1. The Kier molecular flexibility index (Phi) is 3.54. The van der Waals surface area contributed by atoms with Crippen molar-refractivity contribution in [3.63, 3.8) is 0 Å². The van der Waals surface area contributed by atoms with Gasteiger partial charge >= 0.3 is 6.09 Å². The zero-order valence-electron chi connectivity index (χ0n) is 8.30. The molecule has 0 unspecified atom stereocenters. The molecule has 7 nitrogen and oxygen atoms in total. The maximum absolute atomic E-state index is 10.3. The molecule has 0 aromatic carbocycles. The summed E-state index contributed by atoms with van der Waals surface area (Å²) in [4.78, 5) is 14.1. The van der Waals surface area contributed by atoms with Crippen LogP contribution in [0.15, 0.2) is 22.9 Å². The molecule has 8 heteroatoms. The highest BCUT2D eigenvalue weighted by Gasteiger charge is 2.18. The molecule has 2 aromatic rings. The number of aromatic hydroxyl groups is 1. The van der Waals surface area contributed by atoms with Crippen LogP contribution in [0.2, 0.25) is 0 Å². The van der Waals surface area contributed by atoms with Crippen LogP contribution in [-0.4, -0.2) is 27.1 Å². The zero-order valence-corrected chi connectivity index (χ0v) is 9.11. The predicted molar refractivity (Wildman–Crippen MR) is 60.9 cm³/mol. The molecule has 0 bridgehead atoms. The molecule has 0 radical (unpaired) electrons. The van der Waals surface area contributed by atoms with E-state index < -0.39 is 11.9 Å². The van der Waals surface area contributed by atoms with E-state index in [0.717, 1.165) is 0 Å². The maximum atomic E-state index is 10.3. The summed E-state index contributed by atoms with van der Waals surface area (Å²) in [6.45, 7) is 0. The SMILES string of the molecule is Cl.N=C(NC(=O)O)c1oc2cnccc2c1O. The lowest BCUT2D eigenvalue weighted by Crippen LogP contribution is -2.28. The van der Waals surface area contributed by atoms with Gasteiger partial charge in [-0.25, -0.2) is 4.79 Å². The van der Waals surface area contributed by atoms with E-state index in [1.165, 1.54) is 18.5 Å². The molecule has 4 N–H and O–H groups in total. The molecule has 0 saturated heterocycles. The number of carboxylic acid groups (broad SMARTS) is 1. The van der Waals surface area contributed by atoms with Crippen LogP contribution in [0.3, 0.4) is 0 Å². The molecule has 1 amide bonds. The molecule has 0 aliphatic heterocycles. The van der Waals surface area contributed by atoms with Crippen molar-refractivity contribution in [3.05, 3.63) is 24.2 Å². The number of amides is 1. The van der Waals surface area contributed by atoms with Crippen molar-refractivity contribution >= 4 is 35.3 Å². The number of pyridine rings is 1. The molecule has 0 atom stereocenters. The van der Waals surface area contributed by atoms with Crippen molar-refractivity contribution in [1.82, 2.24) is 10.3 Å². The second-order valence-corrected chi connectivity index (χ2v) is 2.96. The number of fused-ring (bicyclic) bond motifs is 1. The largest absolute Gasteiger partial charge is 0.504 e. The minimum absolute atomic E-state index is 0. The normalized spacial score (nSPS) is 9.65. The van der Waals surface area contributed by atoms with Gasteiger partial charge in [0, 0.05) is 6.20 Å².